The predicted octanol–water partition coefficient (Wildman–Crippen LogP) is 1.83. The largest absolute Gasteiger partial charge is 0.491 e. The van der Waals surface area contributed by atoms with E-state index in [1.54, 1.807) is 31.5 Å². The van der Waals surface area contributed by atoms with Crippen molar-refractivity contribution in [1.82, 2.24) is 19.9 Å². The van der Waals surface area contributed by atoms with Crippen LogP contribution in [0.1, 0.15) is 16.1 Å². The molecule has 1 fully saturated rings. The lowest BCUT2D eigenvalue weighted by Crippen LogP contribution is -2.47. The van der Waals surface area contributed by atoms with Gasteiger partial charge in [0.2, 0.25) is 0 Å². The van der Waals surface area contributed by atoms with E-state index in [0.29, 0.717) is 41.7 Å². The quantitative estimate of drug-likeness (QED) is 0.547. The number of hydrogen-bond acceptors (Lipinski definition) is 9. The Morgan fingerprint density at radius 1 is 1.00 bits per heavy atom. The molecular weight excluding hydrogens is 448 g/mol. The molecule has 10 heteroatoms. The van der Waals surface area contributed by atoms with Gasteiger partial charge in [0.1, 0.15) is 5.82 Å². The van der Waals surface area contributed by atoms with Gasteiger partial charge < -0.3 is 24.4 Å². The first-order chi connectivity index (χ1) is 17.1. The second-order valence-electron chi connectivity index (χ2n) is 8.44. The summed E-state index contributed by atoms with van der Waals surface area (Å²) in [5.74, 6) is 1.73. The molecule has 0 radical (unpaired) electrons. The average Bonchev–Trinajstić information content (AvgIpc) is 3.24. The summed E-state index contributed by atoms with van der Waals surface area (Å²) in [6, 6.07) is 9.35. The van der Waals surface area contributed by atoms with Crippen molar-refractivity contribution in [2.24, 2.45) is 0 Å². The van der Waals surface area contributed by atoms with Crippen molar-refractivity contribution < 1.29 is 19.4 Å². The Morgan fingerprint density at radius 2 is 1.83 bits per heavy atom. The summed E-state index contributed by atoms with van der Waals surface area (Å²) in [6.07, 6.45) is 3.43. The van der Waals surface area contributed by atoms with Crippen LogP contribution in [0.5, 0.6) is 11.6 Å². The van der Waals surface area contributed by atoms with Crippen LogP contribution in [0.3, 0.4) is 0 Å². The monoisotopic (exact) mass is 476 g/mol. The Kier molecular flexibility index (Phi) is 6.47. The first-order valence-corrected chi connectivity index (χ1v) is 11.6. The highest BCUT2D eigenvalue weighted by Crippen LogP contribution is 2.32. The van der Waals surface area contributed by atoms with Crippen molar-refractivity contribution in [3.8, 4) is 22.9 Å². The molecule has 0 unspecified atom stereocenters. The van der Waals surface area contributed by atoms with Gasteiger partial charge in [-0.2, -0.15) is 0 Å². The molecule has 3 aromatic rings. The van der Waals surface area contributed by atoms with Gasteiger partial charge in [0, 0.05) is 44.5 Å². The lowest BCUT2D eigenvalue weighted by molar-refractivity contribution is 0.0996. The molecule has 0 saturated carbocycles. The minimum atomic E-state index is -0.0864. The van der Waals surface area contributed by atoms with Crippen LogP contribution < -0.4 is 19.3 Å². The number of aliphatic hydroxyl groups excluding tert-OH is 1. The second-order valence-corrected chi connectivity index (χ2v) is 8.44. The number of hydrogen-bond donors (Lipinski definition) is 1. The van der Waals surface area contributed by atoms with Crippen LogP contribution in [0, 0.1) is 0 Å². The predicted molar refractivity (Wildman–Crippen MR) is 131 cm³/mol. The number of β-amino-alcohol motifs (C(OH)–C–C–N with tert-alkyl or cyclic N) is 1. The van der Waals surface area contributed by atoms with Gasteiger partial charge in [-0.3, -0.25) is 14.7 Å². The highest BCUT2D eigenvalue weighted by Gasteiger charge is 2.30. The number of aliphatic hydroxyl groups is 1. The van der Waals surface area contributed by atoms with Crippen molar-refractivity contribution >= 4 is 17.4 Å². The maximum Gasteiger partial charge on any atom is 0.260 e. The van der Waals surface area contributed by atoms with E-state index in [2.05, 4.69) is 19.8 Å². The zero-order valence-corrected chi connectivity index (χ0v) is 19.8. The molecule has 182 valence electrons. The maximum absolute atomic E-state index is 13.1. The number of piperazine rings is 1. The van der Waals surface area contributed by atoms with Gasteiger partial charge in [-0.15, -0.1) is 0 Å². The fourth-order valence-corrected chi connectivity index (χ4v) is 4.49. The van der Waals surface area contributed by atoms with Gasteiger partial charge >= 0.3 is 0 Å². The fourth-order valence-electron chi connectivity index (χ4n) is 4.49. The average molecular weight is 477 g/mol. The molecular formula is C25H28N6O4. The molecule has 35 heavy (non-hydrogen) atoms. The smallest absolute Gasteiger partial charge is 0.260 e. The fraction of sp³-hybridized carbons (Fsp3) is 0.360. The van der Waals surface area contributed by atoms with E-state index in [1.165, 1.54) is 0 Å². The van der Waals surface area contributed by atoms with E-state index in [0.717, 1.165) is 43.2 Å². The third-order valence-electron chi connectivity index (χ3n) is 6.44. The van der Waals surface area contributed by atoms with Gasteiger partial charge in [0.05, 0.1) is 56.2 Å². The van der Waals surface area contributed by atoms with Gasteiger partial charge in [0.15, 0.2) is 5.75 Å². The van der Waals surface area contributed by atoms with Crippen molar-refractivity contribution in [2.75, 3.05) is 63.4 Å². The number of nitrogens with zero attached hydrogens (tertiary/aromatic N) is 6. The Bertz CT molecular complexity index is 1210. The number of fused-ring (bicyclic) bond motifs is 1. The number of amides is 1. The summed E-state index contributed by atoms with van der Waals surface area (Å²) in [4.78, 5) is 32.9. The third-order valence-corrected chi connectivity index (χ3v) is 6.44. The summed E-state index contributed by atoms with van der Waals surface area (Å²) in [5.41, 5.74) is 3.53. The highest BCUT2D eigenvalue weighted by molar-refractivity contribution is 6.09. The Balaban J connectivity index is 1.31. The molecule has 0 atom stereocenters. The number of ether oxygens (including phenoxy) is 2. The molecule has 0 bridgehead atoms. The number of carbonyl (C=O) groups excluding carboxylic acids is 1. The van der Waals surface area contributed by atoms with Crippen LogP contribution in [-0.2, 0) is 6.54 Å². The summed E-state index contributed by atoms with van der Waals surface area (Å²) in [6.45, 7) is 4.78. The topological polar surface area (TPSA) is 104 Å². The summed E-state index contributed by atoms with van der Waals surface area (Å²) in [5, 5.41) is 9.12. The number of anilines is 2. The Labute approximate surface area is 203 Å². The number of aromatic nitrogens is 3. The molecule has 3 aromatic heterocycles. The minimum Gasteiger partial charge on any atom is -0.491 e. The van der Waals surface area contributed by atoms with Crippen molar-refractivity contribution in [2.45, 2.75) is 6.54 Å². The number of methoxy groups -OCH3 is 2. The first kappa shape index (κ1) is 23.0. The van der Waals surface area contributed by atoms with Crippen molar-refractivity contribution in [1.29, 1.82) is 0 Å². The summed E-state index contributed by atoms with van der Waals surface area (Å²) in [7, 11) is 3.10. The molecule has 0 spiro atoms. The van der Waals surface area contributed by atoms with Crippen molar-refractivity contribution in [3.63, 3.8) is 0 Å². The van der Waals surface area contributed by atoms with E-state index in [-0.39, 0.29) is 12.5 Å². The number of pyridine rings is 3. The second kappa shape index (κ2) is 9.85. The zero-order valence-electron chi connectivity index (χ0n) is 19.8. The van der Waals surface area contributed by atoms with E-state index < -0.39 is 0 Å². The Morgan fingerprint density at radius 3 is 2.51 bits per heavy atom. The third kappa shape index (κ3) is 4.50. The molecule has 1 amide bonds. The van der Waals surface area contributed by atoms with Gasteiger partial charge in [-0.1, -0.05) is 0 Å². The summed E-state index contributed by atoms with van der Waals surface area (Å²) < 4.78 is 10.6. The standard InChI is InChI=1S/C25H28N6O4/c1-34-22-13-17(14-27-24(22)35-2)20-5-4-19-21(28-20)16-31(25(19)33)18-3-6-23(26-15-18)30-9-7-29(8-10-30)11-12-32/h3-6,13-15,32H,7-12,16H2,1-2H3. The highest BCUT2D eigenvalue weighted by atomic mass is 16.5. The van der Waals surface area contributed by atoms with Crippen LogP contribution in [0.25, 0.3) is 11.3 Å². The van der Waals surface area contributed by atoms with E-state index in [4.69, 9.17) is 19.6 Å². The molecule has 1 saturated heterocycles. The van der Waals surface area contributed by atoms with Crippen LogP contribution in [0.4, 0.5) is 11.5 Å². The molecule has 10 nitrogen and oxygen atoms in total. The molecule has 2 aliphatic rings. The van der Waals surface area contributed by atoms with E-state index >= 15 is 0 Å². The minimum absolute atomic E-state index is 0.0864. The van der Waals surface area contributed by atoms with Gasteiger partial charge in [-0.05, 0) is 30.3 Å². The molecule has 1 N–H and O–H groups in total. The molecule has 5 heterocycles. The lowest BCUT2D eigenvalue weighted by Gasteiger charge is -2.35. The number of carbonyl (C=O) groups is 1. The van der Waals surface area contributed by atoms with Crippen LogP contribution in [0.15, 0.2) is 42.7 Å². The van der Waals surface area contributed by atoms with Crippen molar-refractivity contribution in [3.05, 3.63) is 54.0 Å². The van der Waals surface area contributed by atoms with E-state index in [9.17, 15) is 4.79 Å². The van der Waals surface area contributed by atoms with Crippen LogP contribution in [-0.4, -0.2) is 84.4 Å². The normalized spacial score (nSPS) is 15.9. The molecule has 5 rings (SSSR count). The molecule has 0 aromatic carbocycles. The molecule has 0 aliphatic carbocycles. The van der Waals surface area contributed by atoms with E-state index in [1.807, 2.05) is 30.3 Å². The maximum atomic E-state index is 13.1. The lowest BCUT2D eigenvalue weighted by atomic mass is 10.1. The van der Waals surface area contributed by atoms with Crippen LogP contribution in [0.2, 0.25) is 0 Å². The molecule has 2 aliphatic heterocycles. The van der Waals surface area contributed by atoms with Gasteiger partial charge in [-0.25, -0.2) is 9.97 Å². The van der Waals surface area contributed by atoms with Gasteiger partial charge in [0.25, 0.3) is 11.8 Å². The van der Waals surface area contributed by atoms with Crippen LogP contribution >= 0.6 is 0 Å². The number of rotatable bonds is 7. The zero-order chi connectivity index (χ0) is 24.4. The SMILES string of the molecule is COc1cc(-c2ccc3c(n2)CN(c2ccc(N4CCN(CCO)CC4)nc2)C3=O)cnc1OC. The summed E-state index contributed by atoms with van der Waals surface area (Å²) >= 11 is 0. The Hall–Kier alpha value is -3.76. The first-order valence-electron chi connectivity index (χ1n) is 11.6.